The number of quaternary nitrogens is 1. The number of methoxy groups -OCH3 is 2. The first kappa shape index (κ1) is 19.7. The van der Waals surface area contributed by atoms with Crippen molar-refractivity contribution in [2.75, 3.05) is 39.7 Å². The largest absolute Gasteiger partial charge is 0.493 e. The predicted octanol–water partition coefficient (Wildman–Crippen LogP) is 2.55. The zero-order valence-electron chi connectivity index (χ0n) is 16.6. The van der Waals surface area contributed by atoms with Crippen molar-refractivity contribution in [1.82, 2.24) is 0 Å². The molecule has 28 heavy (non-hydrogen) atoms. The first-order chi connectivity index (χ1) is 13.6. The highest BCUT2D eigenvalue weighted by Crippen LogP contribution is 2.27. The maximum atomic E-state index is 12.5. The van der Waals surface area contributed by atoms with Crippen LogP contribution >= 0.6 is 0 Å². The van der Waals surface area contributed by atoms with Crippen molar-refractivity contribution in [3.8, 4) is 11.5 Å². The van der Waals surface area contributed by atoms with Gasteiger partial charge in [-0.15, -0.1) is 0 Å². The SMILES string of the molecule is COc1ccc(CC[NH+](C)CC(=O)Nc2cccc3ccccc23)cc1OC. The molecule has 2 N–H and O–H groups in total. The maximum Gasteiger partial charge on any atom is 0.279 e. The van der Waals surface area contributed by atoms with E-state index in [1.54, 1.807) is 14.2 Å². The Hall–Kier alpha value is -3.05. The highest BCUT2D eigenvalue weighted by molar-refractivity contribution is 6.02. The summed E-state index contributed by atoms with van der Waals surface area (Å²) >= 11 is 0. The predicted molar refractivity (Wildman–Crippen MR) is 112 cm³/mol. The van der Waals surface area contributed by atoms with Gasteiger partial charge in [-0.2, -0.15) is 0 Å². The van der Waals surface area contributed by atoms with Crippen LogP contribution < -0.4 is 19.7 Å². The summed E-state index contributed by atoms with van der Waals surface area (Å²) in [4.78, 5) is 13.6. The third kappa shape index (κ3) is 4.81. The van der Waals surface area contributed by atoms with E-state index in [0.717, 1.165) is 51.4 Å². The van der Waals surface area contributed by atoms with Gasteiger partial charge in [0.2, 0.25) is 0 Å². The lowest BCUT2D eigenvalue weighted by Gasteiger charge is -2.15. The lowest BCUT2D eigenvalue weighted by atomic mass is 10.1. The number of nitrogens with one attached hydrogen (secondary N) is 2. The van der Waals surface area contributed by atoms with Crippen molar-refractivity contribution in [3.63, 3.8) is 0 Å². The monoisotopic (exact) mass is 379 g/mol. The summed E-state index contributed by atoms with van der Waals surface area (Å²) < 4.78 is 10.6. The van der Waals surface area contributed by atoms with E-state index in [2.05, 4.69) is 5.32 Å². The lowest BCUT2D eigenvalue weighted by Crippen LogP contribution is -3.10. The Morgan fingerprint density at radius 2 is 1.71 bits per heavy atom. The number of ether oxygens (including phenoxy) is 2. The van der Waals surface area contributed by atoms with Crippen LogP contribution in [0.4, 0.5) is 5.69 Å². The molecule has 1 amide bonds. The molecule has 5 heteroatoms. The van der Waals surface area contributed by atoms with E-state index in [1.807, 2.05) is 67.7 Å². The van der Waals surface area contributed by atoms with Gasteiger partial charge in [0.15, 0.2) is 18.0 Å². The van der Waals surface area contributed by atoms with Crippen LogP contribution in [0.5, 0.6) is 11.5 Å². The Morgan fingerprint density at radius 1 is 0.964 bits per heavy atom. The van der Waals surface area contributed by atoms with Crippen LogP contribution in [0.15, 0.2) is 60.7 Å². The smallest absolute Gasteiger partial charge is 0.279 e. The van der Waals surface area contributed by atoms with Crippen molar-refractivity contribution in [2.24, 2.45) is 0 Å². The molecule has 5 nitrogen and oxygen atoms in total. The van der Waals surface area contributed by atoms with Crippen LogP contribution in [-0.2, 0) is 11.2 Å². The molecule has 0 aliphatic rings. The van der Waals surface area contributed by atoms with E-state index < -0.39 is 0 Å². The number of hydrogen-bond donors (Lipinski definition) is 2. The Kier molecular flexibility index (Phi) is 6.50. The molecule has 1 unspecified atom stereocenters. The molecule has 0 aliphatic carbocycles. The molecule has 0 fully saturated rings. The Morgan fingerprint density at radius 3 is 2.50 bits per heavy atom. The van der Waals surface area contributed by atoms with Crippen molar-refractivity contribution < 1.29 is 19.2 Å². The summed E-state index contributed by atoms with van der Waals surface area (Å²) in [5, 5.41) is 5.23. The zero-order chi connectivity index (χ0) is 19.9. The Balaban J connectivity index is 1.56. The fraction of sp³-hybridized carbons (Fsp3) is 0.261. The van der Waals surface area contributed by atoms with Crippen LogP contribution in [0.3, 0.4) is 0 Å². The fourth-order valence-electron chi connectivity index (χ4n) is 3.29. The first-order valence-corrected chi connectivity index (χ1v) is 9.40. The topological polar surface area (TPSA) is 52.0 Å². The number of amides is 1. The number of likely N-dealkylation sites (N-methyl/N-ethyl adjacent to an activating group) is 1. The number of carbonyl (C=O) groups is 1. The van der Waals surface area contributed by atoms with Crippen LogP contribution in [0.1, 0.15) is 5.56 Å². The summed E-state index contributed by atoms with van der Waals surface area (Å²) in [6.07, 6.45) is 0.855. The minimum absolute atomic E-state index is 0.0150. The highest BCUT2D eigenvalue weighted by atomic mass is 16.5. The molecule has 0 aromatic heterocycles. The normalized spacial score (nSPS) is 11.8. The van der Waals surface area contributed by atoms with Crippen LogP contribution in [0.25, 0.3) is 10.8 Å². The summed E-state index contributed by atoms with van der Waals surface area (Å²) in [6, 6.07) is 19.9. The molecule has 0 saturated heterocycles. The van der Waals surface area contributed by atoms with Gasteiger partial charge < -0.3 is 19.7 Å². The van der Waals surface area contributed by atoms with Gasteiger partial charge in [0.05, 0.1) is 27.8 Å². The van der Waals surface area contributed by atoms with Gasteiger partial charge in [-0.3, -0.25) is 4.79 Å². The average molecular weight is 379 g/mol. The maximum absolute atomic E-state index is 12.5. The first-order valence-electron chi connectivity index (χ1n) is 9.40. The summed E-state index contributed by atoms with van der Waals surface area (Å²) in [5.74, 6) is 1.47. The molecular weight excluding hydrogens is 352 g/mol. The number of anilines is 1. The fourth-order valence-corrected chi connectivity index (χ4v) is 3.29. The van der Waals surface area contributed by atoms with Crippen molar-refractivity contribution in [3.05, 3.63) is 66.2 Å². The molecule has 3 aromatic carbocycles. The van der Waals surface area contributed by atoms with E-state index >= 15 is 0 Å². The van der Waals surface area contributed by atoms with Crippen molar-refractivity contribution in [1.29, 1.82) is 0 Å². The second-order valence-electron chi connectivity index (χ2n) is 6.90. The standard InChI is InChI=1S/C23H26N2O3/c1-25(14-13-17-11-12-21(27-2)22(15-17)28-3)16-23(26)24-20-10-6-8-18-7-4-5-9-19(18)20/h4-12,15H,13-14,16H2,1-3H3,(H,24,26)/p+1. The number of hydrogen-bond acceptors (Lipinski definition) is 3. The molecule has 0 radical (unpaired) electrons. The molecule has 0 saturated carbocycles. The molecular formula is C23H27N2O3+. The molecule has 146 valence electrons. The van der Waals surface area contributed by atoms with E-state index in [4.69, 9.17) is 9.47 Å². The van der Waals surface area contributed by atoms with E-state index in [1.165, 1.54) is 0 Å². The van der Waals surface area contributed by atoms with Crippen LogP contribution in [0.2, 0.25) is 0 Å². The molecule has 0 bridgehead atoms. The van der Waals surface area contributed by atoms with Gasteiger partial charge in [-0.25, -0.2) is 0 Å². The van der Waals surface area contributed by atoms with E-state index in [0.29, 0.717) is 6.54 Å². The summed E-state index contributed by atoms with van der Waals surface area (Å²) in [7, 11) is 5.30. The average Bonchev–Trinajstić information content (AvgIpc) is 2.72. The highest BCUT2D eigenvalue weighted by Gasteiger charge is 2.12. The van der Waals surface area contributed by atoms with Gasteiger partial charge in [0.25, 0.3) is 5.91 Å². The third-order valence-electron chi connectivity index (χ3n) is 4.81. The van der Waals surface area contributed by atoms with Crippen LogP contribution in [-0.4, -0.2) is 40.3 Å². The van der Waals surface area contributed by atoms with Gasteiger partial charge in [-0.05, 0) is 29.1 Å². The third-order valence-corrected chi connectivity index (χ3v) is 4.81. The van der Waals surface area contributed by atoms with Gasteiger partial charge >= 0.3 is 0 Å². The quantitative estimate of drug-likeness (QED) is 0.632. The molecule has 0 aliphatic heterocycles. The number of fused-ring (bicyclic) bond motifs is 1. The zero-order valence-corrected chi connectivity index (χ0v) is 16.6. The summed E-state index contributed by atoms with van der Waals surface area (Å²) in [6.45, 7) is 1.26. The molecule has 0 heterocycles. The minimum atomic E-state index is 0.0150. The molecule has 3 aromatic rings. The lowest BCUT2D eigenvalue weighted by molar-refractivity contribution is -0.870. The minimum Gasteiger partial charge on any atom is -0.493 e. The number of carbonyl (C=O) groups excluding carboxylic acids is 1. The molecule has 3 rings (SSSR count). The van der Waals surface area contributed by atoms with Crippen molar-refractivity contribution >= 4 is 22.4 Å². The second kappa shape index (κ2) is 9.24. The van der Waals surface area contributed by atoms with E-state index in [9.17, 15) is 4.79 Å². The Bertz CT molecular complexity index is 950. The second-order valence-corrected chi connectivity index (χ2v) is 6.90. The molecule has 1 atom stereocenters. The summed E-state index contributed by atoms with van der Waals surface area (Å²) in [5.41, 5.74) is 2.02. The van der Waals surface area contributed by atoms with E-state index in [-0.39, 0.29) is 5.91 Å². The number of benzene rings is 3. The number of rotatable bonds is 8. The van der Waals surface area contributed by atoms with Gasteiger partial charge in [0, 0.05) is 17.5 Å². The van der Waals surface area contributed by atoms with Gasteiger partial charge in [-0.1, -0.05) is 42.5 Å². The Labute approximate surface area is 165 Å². The van der Waals surface area contributed by atoms with Gasteiger partial charge in [0.1, 0.15) is 0 Å². The molecule has 0 spiro atoms. The van der Waals surface area contributed by atoms with Crippen LogP contribution in [0, 0.1) is 0 Å². The van der Waals surface area contributed by atoms with Crippen molar-refractivity contribution in [2.45, 2.75) is 6.42 Å².